The molecule has 1 aromatic rings. The minimum absolute atomic E-state index is 0.242. The second-order valence-electron chi connectivity index (χ2n) is 5.67. The molecule has 0 radical (unpaired) electrons. The highest BCUT2D eigenvalue weighted by Crippen LogP contribution is 2.29. The summed E-state index contributed by atoms with van der Waals surface area (Å²) in [5, 5.41) is 13.8. The molecule has 0 bridgehead atoms. The summed E-state index contributed by atoms with van der Waals surface area (Å²) in [7, 11) is 0. The molecule has 1 fully saturated rings. The van der Waals surface area contributed by atoms with Gasteiger partial charge in [0.05, 0.1) is 21.3 Å². The zero-order valence-corrected chi connectivity index (χ0v) is 13.3. The van der Waals surface area contributed by atoms with E-state index in [2.05, 4.69) is 5.32 Å². The highest BCUT2D eigenvalue weighted by atomic mass is 35.5. The molecule has 0 atom stereocenters. The molecule has 0 saturated heterocycles. The van der Waals surface area contributed by atoms with Crippen LogP contribution in [-0.4, -0.2) is 23.2 Å². The Morgan fingerprint density at radius 3 is 2.24 bits per heavy atom. The van der Waals surface area contributed by atoms with Crippen molar-refractivity contribution in [2.45, 2.75) is 44.1 Å². The molecular formula is C15H20Cl2N2O2. The number of rotatable bonds is 3. The third kappa shape index (κ3) is 4.25. The molecule has 1 aliphatic carbocycles. The van der Waals surface area contributed by atoms with Gasteiger partial charge in [-0.05, 0) is 25.0 Å². The fourth-order valence-corrected chi connectivity index (χ4v) is 3.11. The Kier molecular flexibility index (Phi) is 5.36. The Bertz CT molecular complexity index is 503. The van der Waals surface area contributed by atoms with Gasteiger partial charge in [0.2, 0.25) is 0 Å². The van der Waals surface area contributed by atoms with Gasteiger partial charge in [-0.15, -0.1) is 0 Å². The van der Waals surface area contributed by atoms with Gasteiger partial charge in [0, 0.05) is 12.1 Å². The lowest BCUT2D eigenvalue weighted by molar-refractivity contribution is 0.0246. The van der Waals surface area contributed by atoms with Gasteiger partial charge in [0.25, 0.3) is 5.91 Å². The van der Waals surface area contributed by atoms with Crippen LogP contribution in [0.3, 0.4) is 0 Å². The third-order valence-corrected chi connectivity index (χ3v) is 4.58. The first-order valence-electron chi connectivity index (χ1n) is 7.16. The van der Waals surface area contributed by atoms with Gasteiger partial charge in [-0.1, -0.05) is 48.9 Å². The second kappa shape index (κ2) is 6.86. The number of hydrogen-bond donors (Lipinski definition) is 3. The van der Waals surface area contributed by atoms with Crippen molar-refractivity contribution in [1.29, 1.82) is 0 Å². The van der Waals surface area contributed by atoms with Crippen LogP contribution in [0.4, 0.5) is 5.69 Å². The molecule has 0 heterocycles. The first kappa shape index (κ1) is 16.4. The van der Waals surface area contributed by atoms with Crippen LogP contribution in [0.1, 0.15) is 48.9 Å². The average molecular weight is 331 g/mol. The summed E-state index contributed by atoms with van der Waals surface area (Å²) >= 11 is 11.8. The molecule has 4 nitrogen and oxygen atoms in total. The standard InChI is InChI=1S/C15H20Cl2N2O2/c16-11-7-10(8-12(17)13(11)18)14(20)19-9-15(21)5-3-1-2-4-6-15/h7-8,21H,1-6,9,18H2,(H,19,20). The normalized spacial score (nSPS) is 18.0. The first-order chi connectivity index (χ1) is 9.91. The largest absolute Gasteiger partial charge is 0.396 e. The predicted molar refractivity (Wildman–Crippen MR) is 85.9 cm³/mol. The lowest BCUT2D eigenvalue weighted by atomic mass is 9.94. The Morgan fingerprint density at radius 2 is 1.71 bits per heavy atom. The maximum absolute atomic E-state index is 12.2. The van der Waals surface area contributed by atoms with Gasteiger partial charge in [-0.3, -0.25) is 4.79 Å². The summed E-state index contributed by atoms with van der Waals surface area (Å²) in [5.41, 5.74) is 5.44. The van der Waals surface area contributed by atoms with Crippen LogP contribution in [0.2, 0.25) is 10.0 Å². The number of nitrogens with one attached hydrogen (secondary N) is 1. The number of carbonyl (C=O) groups is 1. The fourth-order valence-electron chi connectivity index (χ4n) is 2.63. The Hall–Kier alpha value is -0.970. The van der Waals surface area contributed by atoms with Gasteiger partial charge < -0.3 is 16.2 Å². The molecule has 0 unspecified atom stereocenters. The third-order valence-electron chi connectivity index (χ3n) is 3.95. The number of aliphatic hydroxyl groups is 1. The summed E-state index contributed by atoms with van der Waals surface area (Å²) < 4.78 is 0. The van der Waals surface area contributed by atoms with Crippen molar-refractivity contribution in [2.75, 3.05) is 12.3 Å². The molecule has 2 rings (SSSR count). The van der Waals surface area contributed by atoms with E-state index in [9.17, 15) is 9.90 Å². The number of hydrogen-bond acceptors (Lipinski definition) is 3. The molecule has 0 aliphatic heterocycles. The second-order valence-corrected chi connectivity index (χ2v) is 6.49. The molecule has 6 heteroatoms. The van der Waals surface area contributed by atoms with Gasteiger partial charge in [-0.25, -0.2) is 0 Å². The van der Waals surface area contributed by atoms with Crippen molar-refractivity contribution >= 4 is 34.8 Å². The van der Waals surface area contributed by atoms with Gasteiger partial charge >= 0.3 is 0 Å². The van der Waals surface area contributed by atoms with Crippen molar-refractivity contribution in [3.63, 3.8) is 0 Å². The SMILES string of the molecule is Nc1c(Cl)cc(C(=O)NCC2(O)CCCCCC2)cc1Cl. The quantitative estimate of drug-likeness (QED) is 0.587. The van der Waals surface area contributed by atoms with E-state index < -0.39 is 5.60 Å². The predicted octanol–water partition coefficient (Wildman–Crippen LogP) is 3.39. The number of anilines is 1. The minimum atomic E-state index is -0.812. The lowest BCUT2D eigenvalue weighted by Crippen LogP contribution is -2.42. The van der Waals surface area contributed by atoms with Gasteiger partial charge in [-0.2, -0.15) is 0 Å². The van der Waals surface area contributed by atoms with Crippen molar-refractivity contribution < 1.29 is 9.90 Å². The van der Waals surface area contributed by atoms with Crippen LogP contribution in [0, 0.1) is 0 Å². The highest BCUT2D eigenvalue weighted by molar-refractivity contribution is 6.39. The zero-order valence-electron chi connectivity index (χ0n) is 11.8. The van der Waals surface area contributed by atoms with E-state index in [0.29, 0.717) is 5.56 Å². The molecule has 1 saturated carbocycles. The number of carbonyl (C=O) groups excluding carboxylic acids is 1. The molecule has 1 amide bonds. The van der Waals surface area contributed by atoms with E-state index in [-0.39, 0.29) is 28.2 Å². The first-order valence-corrected chi connectivity index (χ1v) is 7.92. The van der Waals surface area contributed by atoms with E-state index in [1.165, 1.54) is 12.1 Å². The zero-order chi connectivity index (χ0) is 15.5. The Labute approximate surface area is 134 Å². The van der Waals surface area contributed by atoms with E-state index in [1.807, 2.05) is 0 Å². The topological polar surface area (TPSA) is 75.4 Å². The number of nitrogens with two attached hydrogens (primary N) is 1. The van der Waals surface area contributed by atoms with Crippen LogP contribution in [0.15, 0.2) is 12.1 Å². The van der Waals surface area contributed by atoms with Crippen LogP contribution < -0.4 is 11.1 Å². The highest BCUT2D eigenvalue weighted by Gasteiger charge is 2.28. The summed E-state index contributed by atoms with van der Waals surface area (Å²) in [6.07, 6.45) is 5.70. The Balaban J connectivity index is 2.01. The Morgan fingerprint density at radius 1 is 1.19 bits per heavy atom. The smallest absolute Gasteiger partial charge is 0.251 e. The van der Waals surface area contributed by atoms with Crippen LogP contribution in [0.25, 0.3) is 0 Å². The maximum Gasteiger partial charge on any atom is 0.251 e. The lowest BCUT2D eigenvalue weighted by Gasteiger charge is -2.26. The van der Waals surface area contributed by atoms with E-state index >= 15 is 0 Å². The molecule has 0 spiro atoms. The molecule has 116 valence electrons. The van der Waals surface area contributed by atoms with Crippen LogP contribution in [0.5, 0.6) is 0 Å². The van der Waals surface area contributed by atoms with Crippen LogP contribution >= 0.6 is 23.2 Å². The molecule has 21 heavy (non-hydrogen) atoms. The number of benzene rings is 1. The number of halogens is 2. The molecule has 0 aromatic heterocycles. The van der Waals surface area contributed by atoms with E-state index in [4.69, 9.17) is 28.9 Å². The minimum Gasteiger partial charge on any atom is -0.396 e. The monoisotopic (exact) mass is 330 g/mol. The fraction of sp³-hybridized carbons (Fsp3) is 0.533. The van der Waals surface area contributed by atoms with Gasteiger partial charge in [0.15, 0.2) is 0 Å². The van der Waals surface area contributed by atoms with Crippen molar-refractivity contribution in [3.05, 3.63) is 27.7 Å². The number of nitrogen functional groups attached to an aromatic ring is 1. The molecule has 1 aromatic carbocycles. The molecular weight excluding hydrogens is 311 g/mol. The van der Waals surface area contributed by atoms with E-state index in [1.54, 1.807) is 0 Å². The summed E-state index contributed by atoms with van der Waals surface area (Å²) in [5.74, 6) is -0.309. The van der Waals surface area contributed by atoms with Gasteiger partial charge in [0.1, 0.15) is 0 Å². The molecule has 4 N–H and O–H groups in total. The van der Waals surface area contributed by atoms with Crippen molar-refractivity contribution in [3.8, 4) is 0 Å². The summed E-state index contributed by atoms with van der Waals surface area (Å²) in [4.78, 5) is 12.2. The average Bonchev–Trinajstić information content (AvgIpc) is 2.67. The summed E-state index contributed by atoms with van der Waals surface area (Å²) in [6.45, 7) is 0.242. The molecule has 1 aliphatic rings. The van der Waals surface area contributed by atoms with Crippen molar-refractivity contribution in [1.82, 2.24) is 5.32 Å². The van der Waals surface area contributed by atoms with E-state index in [0.717, 1.165) is 38.5 Å². The summed E-state index contributed by atoms with van der Waals surface area (Å²) in [6, 6.07) is 2.96. The van der Waals surface area contributed by atoms with Crippen LogP contribution in [-0.2, 0) is 0 Å². The maximum atomic E-state index is 12.2. The number of amides is 1. The van der Waals surface area contributed by atoms with Crippen molar-refractivity contribution in [2.24, 2.45) is 0 Å².